The van der Waals surface area contributed by atoms with Gasteiger partial charge in [0.15, 0.2) is 5.76 Å². The second-order valence-corrected chi connectivity index (χ2v) is 6.32. The van der Waals surface area contributed by atoms with Crippen molar-refractivity contribution in [3.05, 3.63) is 78.1 Å². The number of carbonyl (C=O) groups excluding carboxylic acids is 1. The third-order valence-electron chi connectivity index (χ3n) is 4.68. The molecule has 0 fully saturated rings. The first-order chi connectivity index (χ1) is 12.7. The molecule has 0 aliphatic carbocycles. The Hall–Kier alpha value is -3.53. The van der Waals surface area contributed by atoms with Gasteiger partial charge in [0.25, 0.3) is 5.91 Å². The molecule has 0 atom stereocenters. The van der Waals surface area contributed by atoms with Crippen molar-refractivity contribution in [2.24, 2.45) is 0 Å². The molecule has 0 aliphatic rings. The molecule has 0 radical (unpaired) electrons. The predicted molar refractivity (Wildman–Crippen MR) is 103 cm³/mol. The Morgan fingerprint density at radius 1 is 0.769 bits per heavy atom. The maximum Gasteiger partial charge on any atom is 0.291 e. The normalized spacial score (nSPS) is 11.4. The number of benzene rings is 3. The van der Waals surface area contributed by atoms with E-state index in [0.29, 0.717) is 17.0 Å². The molecule has 2 heterocycles. The van der Waals surface area contributed by atoms with Gasteiger partial charge in [0, 0.05) is 27.4 Å². The minimum absolute atomic E-state index is 0.258. The number of hydrogen-bond acceptors (Lipinski definition) is 3. The smallest absolute Gasteiger partial charge is 0.291 e. The number of anilines is 1. The second-order valence-electron chi connectivity index (χ2n) is 6.32. The number of amides is 1. The lowest BCUT2D eigenvalue weighted by atomic mass is 10.1. The molecule has 0 saturated heterocycles. The zero-order chi connectivity index (χ0) is 17.7. The van der Waals surface area contributed by atoms with Crippen LogP contribution in [-0.2, 0) is 0 Å². The van der Waals surface area contributed by atoms with Crippen molar-refractivity contribution >= 4 is 44.5 Å². The zero-order valence-electron chi connectivity index (χ0n) is 14.1. The van der Waals surface area contributed by atoms with Crippen molar-refractivity contribution in [2.75, 3.05) is 5.32 Å². The summed E-state index contributed by atoms with van der Waals surface area (Å²) in [7, 11) is 0. The summed E-state index contributed by atoms with van der Waals surface area (Å²) in [4.78, 5) is 12.7. The highest BCUT2D eigenvalue weighted by molar-refractivity contribution is 6.09. The van der Waals surface area contributed by atoms with Crippen LogP contribution in [-0.4, -0.2) is 5.91 Å². The van der Waals surface area contributed by atoms with Gasteiger partial charge in [0.2, 0.25) is 0 Å². The van der Waals surface area contributed by atoms with E-state index < -0.39 is 0 Å². The summed E-state index contributed by atoms with van der Waals surface area (Å²) < 4.78 is 11.6. The molecule has 5 aromatic rings. The first-order valence-electron chi connectivity index (χ1n) is 8.41. The van der Waals surface area contributed by atoms with Gasteiger partial charge in [-0.2, -0.15) is 0 Å². The zero-order valence-corrected chi connectivity index (χ0v) is 14.1. The molecule has 0 unspecified atom stereocenters. The average molecular weight is 341 g/mol. The molecule has 26 heavy (non-hydrogen) atoms. The molecule has 5 rings (SSSR count). The van der Waals surface area contributed by atoms with Crippen LogP contribution in [0.2, 0.25) is 0 Å². The van der Waals surface area contributed by atoms with Crippen LogP contribution in [0.25, 0.3) is 32.9 Å². The highest BCUT2D eigenvalue weighted by Crippen LogP contribution is 2.31. The molecule has 3 aromatic carbocycles. The Morgan fingerprint density at radius 3 is 2.19 bits per heavy atom. The van der Waals surface area contributed by atoms with Crippen LogP contribution >= 0.6 is 0 Å². The maximum absolute atomic E-state index is 12.7. The maximum atomic E-state index is 12.7. The van der Waals surface area contributed by atoms with Crippen LogP contribution in [0, 0.1) is 6.92 Å². The number of rotatable bonds is 2. The van der Waals surface area contributed by atoms with E-state index in [1.807, 2.05) is 73.7 Å². The Kier molecular flexibility index (Phi) is 3.12. The molecule has 4 nitrogen and oxygen atoms in total. The molecule has 4 heteroatoms. The summed E-state index contributed by atoms with van der Waals surface area (Å²) in [5.41, 5.74) is 3.89. The predicted octanol–water partition coefficient (Wildman–Crippen LogP) is 5.89. The van der Waals surface area contributed by atoms with Crippen molar-refractivity contribution in [2.45, 2.75) is 6.92 Å². The number of nitrogens with one attached hydrogen (secondary N) is 1. The van der Waals surface area contributed by atoms with Crippen molar-refractivity contribution in [1.82, 2.24) is 0 Å². The van der Waals surface area contributed by atoms with Crippen LogP contribution in [0.1, 0.15) is 16.1 Å². The lowest BCUT2D eigenvalue weighted by Gasteiger charge is -2.04. The summed E-state index contributed by atoms with van der Waals surface area (Å²) in [6.07, 6.45) is 0. The lowest BCUT2D eigenvalue weighted by Crippen LogP contribution is -2.11. The summed E-state index contributed by atoms with van der Waals surface area (Å²) in [5, 5.41) is 5.88. The van der Waals surface area contributed by atoms with Gasteiger partial charge in [-0.25, -0.2) is 0 Å². The van der Waals surface area contributed by atoms with E-state index in [9.17, 15) is 4.79 Å². The van der Waals surface area contributed by atoms with Crippen molar-refractivity contribution in [3.63, 3.8) is 0 Å². The molecule has 0 spiro atoms. The van der Waals surface area contributed by atoms with Gasteiger partial charge < -0.3 is 14.2 Å². The van der Waals surface area contributed by atoms with Crippen LogP contribution < -0.4 is 5.32 Å². The SMILES string of the molecule is Cc1c(C(=O)Nc2ccc3oc4ccccc4c3c2)oc2ccccc12. The van der Waals surface area contributed by atoms with Gasteiger partial charge in [-0.1, -0.05) is 36.4 Å². The number of carbonyl (C=O) groups is 1. The quantitative estimate of drug-likeness (QED) is 0.435. The van der Waals surface area contributed by atoms with Crippen molar-refractivity contribution in [1.29, 1.82) is 0 Å². The average Bonchev–Trinajstić information content (AvgIpc) is 3.20. The van der Waals surface area contributed by atoms with Crippen LogP contribution in [0.3, 0.4) is 0 Å². The Bertz CT molecular complexity index is 1290. The number of furan rings is 2. The summed E-state index contributed by atoms with van der Waals surface area (Å²) in [5.74, 6) is 0.0780. The van der Waals surface area contributed by atoms with Crippen LogP contribution in [0.15, 0.2) is 75.6 Å². The van der Waals surface area contributed by atoms with Gasteiger partial charge in [0.1, 0.15) is 16.7 Å². The summed E-state index contributed by atoms with van der Waals surface area (Å²) >= 11 is 0. The minimum Gasteiger partial charge on any atom is -0.456 e. The third-order valence-corrected chi connectivity index (χ3v) is 4.68. The number of aryl methyl sites for hydroxylation is 1. The highest BCUT2D eigenvalue weighted by atomic mass is 16.3. The first-order valence-corrected chi connectivity index (χ1v) is 8.41. The van der Waals surface area contributed by atoms with E-state index >= 15 is 0 Å². The largest absolute Gasteiger partial charge is 0.456 e. The standard InChI is InChI=1S/C22H15NO3/c1-13-15-6-2-4-8-18(15)26-21(13)22(24)23-14-10-11-20-17(12-14)16-7-3-5-9-19(16)25-20/h2-12H,1H3,(H,23,24). The fraction of sp³-hybridized carbons (Fsp3) is 0.0455. The molecular weight excluding hydrogens is 326 g/mol. The van der Waals surface area contributed by atoms with Gasteiger partial charge in [-0.05, 0) is 37.3 Å². The molecule has 0 aliphatic heterocycles. The highest BCUT2D eigenvalue weighted by Gasteiger charge is 2.18. The number of fused-ring (bicyclic) bond motifs is 4. The molecule has 126 valence electrons. The monoisotopic (exact) mass is 341 g/mol. The fourth-order valence-corrected chi connectivity index (χ4v) is 3.38. The van der Waals surface area contributed by atoms with E-state index in [2.05, 4.69) is 5.32 Å². The topological polar surface area (TPSA) is 55.4 Å². The van der Waals surface area contributed by atoms with Crippen LogP contribution in [0.4, 0.5) is 5.69 Å². The Labute approximate surface area is 149 Å². The van der Waals surface area contributed by atoms with E-state index in [-0.39, 0.29) is 5.91 Å². The molecular formula is C22H15NO3. The van der Waals surface area contributed by atoms with Gasteiger partial charge >= 0.3 is 0 Å². The van der Waals surface area contributed by atoms with E-state index in [0.717, 1.165) is 32.9 Å². The van der Waals surface area contributed by atoms with Crippen molar-refractivity contribution < 1.29 is 13.6 Å². The number of hydrogen-bond donors (Lipinski definition) is 1. The summed E-state index contributed by atoms with van der Waals surface area (Å²) in [6.45, 7) is 1.90. The molecule has 1 N–H and O–H groups in total. The lowest BCUT2D eigenvalue weighted by molar-refractivity contribution is 0.0998. The van der Waals surface area contributed by atoms with Crippen LogP contribution in [0.5, 0.6) is 0 Å². The van der Waals surface area contributed by atoms with E-state index in [1.54, 1.807) is 0 Å². The van der Waals surface area contributed by atoms with Gasteiger partial charge in [-0.3, -0.25) is 4.79 Å². The Balaban J connectivity index is 1.54. The molecule has 2 aromatic heterocycles. The van der Waals surface area contributed by atoms with Gasteiger partial charge in [0.05, 0.1) is 0 Å². The van der Waals surface area contributed by atoms with E-state index in [4.69, 9.17) is 8.83 Å². The third kappa shape index (κ3) is 2.19. The van der Waals surface area contributed by atoms with E-state index in [1.165, 1.54) is 0 Å². The minimum atomic E-state index is -0.258. The second kappa shape index (κ2) is 5.49. The molecule has 0 saturated carbocycles. The number of para-hydroxylation sites is 2. The summed E-state index contributed by atoms with van der Waals surface area (Å²) in [6, 6.07) is 21.1. The van der Waals surface area contributed by atoms with Gasteiger partial charge in [-0.15, -0.1) is 0 Å². The molecule has 0 bridgehead atoms. The Morgan fingerprint density at radius 2 is 1.42 bits per heavy atom. The van der Waals surface area contributed by atoms with Crippen molar-refractivity contribution in [3.8, 4) is 0 Å². The molecule has 1 amide bonds. The first kappa shape index (κ1) is 14.8. The fourth-order valence-electron chi connectivity index (χ4n) is 3.38.